The second-order valence-corrected chi connectivity index (χ2v) is 14.7. The Kier molecular flexibility index (Phi) is 8.25. The summed E-state index contributed by atoms with van der Waals surface area (Å²) in [6.07, 6.45) is 7.76. The van der Waals surface area contributed by atoms with Crippen molar-refractivity contribution in [3.63, 3.8) is 0 Å². The van der Waals surface area contributed by atoms with Crippen LogP contribution in [0.5, 0.6) is 11.5 Å². The predicted octanol–water partition coefficient (Wildman–Crippen LogP) is 11.0. The van der Waals surface area contributed by atoms with Gasteiger partial charge in [-0.25, -0.2) is 9.67 Å². The standard InChI is InChI=1S/C41H44N4OS/c1-24(2)30-20-31(45-29(7)41(28(6)43-45)40-26(4)18-34(47-8)19-27(40)5)22-33(21-30)46-32-13-14-36-35-11-9-10-12-37(35)44(38(36)23-32)39-17-25(3)15-16-42-39/h9-18,20-24,27,34,40H,19H2,1-8H3/t27-,34-,40?/m0/s1. The maximum Gasteiger partial charge on any atom is 0.137 e. The van der Waals surface area contributed by atoms with Gasteiger partial charge in [0.15, 0.2) is 0 Å². The summed E-state index contributed by atoms with van der Waals surface area (Å²) in [5, 5.41) is 8.11. The van der Waals surface area contributed by atoms with Crippen LogP contribution in [0.25, 0.3) is 33.3 Å². The minimum atomic E-state index is 0.332. The van der Waals surface area contributed by atoms with Gasteiger partial charge in [0.2, 0.25) is 0 Å². The molecule has 3 aromatic heterocycles. The minimum absolute atomic E-state index is 0.332. The first kappa shape index (κ1) is 31.3. The lowest BCUT2D eigenvalue weighted by Crippen LogP contribution is -2.22. The maximum atomic E-state index is 6.72. The first-order chi connectivity index (χ1) is 22.6. The number of allylic oxidation sites excluding steroid dienone is 1. The molecule has 0 spiro atoms. The van der Waals surface area contributed by atoms with Gasteiger partial charge in [0.1, 0.15) is 17.3 Å². The fourth-order valence-electron chi connectivity index (χ4n) is 7.61. The Morgan fingerprint density at radius 1 is 0.872 bits per heavy atom. The van der Waals surface area contributed by atoms with Gasteiger partial charge in [0.05, 0.1) is 22.4 Å². The zero-order valence-corrected chi connectivity index (χ0v) is 29.5. The number of hydrogen-bond donors (Lipinski definition) is 0. The van der Waals surface area contributed by atoms with Gasteiger partial charge in [-0.15, -0.1) is 0 Å². The molecule has 0 radical (unpaired) electrons. The van der Waals surface area contributed by atoms with Crippen molar-refractivity contribution in [1.29, 1.82) is 0 Å². The molecule has 1 aliphatic rings. The number of aromatic nitrogens is 4. The summed E-state index contributed by atoms with van der Waals surface area (Å²) in [7, 11) is 0. The summed E-state index contributed by atoms with van der Waals surface area (Å²) in [6, 6.07) is 25.6. The molecule has 0 aliphatic heterocycles. The van der Waals surface area contributed by atoms with E-state index in [-0.39, 0.29) is 0 Å². The number of pyridine rings is 1. The summed E-state index contributed by atoms with van der Waals surface area (Å²) < 4.78 is 11.1. The molecular formula is C41H44N4OS. The summed E-state index contributed by atoms with van der Waals surface area (Å²) >= 11 is 1.95. The number of thioether (sulfide) groups is 1. The maximum absolute atomic E-state index is 6.72. The molecule has 5 nitrogen and oxygen atoms in total. The predicted molar refractivity (Wildman–Crippen MR) is 198 cm³/mol. The summed E-state index contributed by atoms with van der Waals surface area (Å²) in [5.74, 6) is 3.78. The van der Waals surface area contributed by atoms with Crippen LogP contribution in [0.3, 0.4) is 0 Å². The third-order valence-corrected chi connectivity index (χ3v) is 10.8. The van der Waals surface area contributed by atoms with E-state index >= 15 is 0 Å². The number of benzene rings is 3. The van der Waals surface area contributed by atoms with Crippen molar-refractivity contribution in [1.82, 2.24) is 19.3 Å². The van der Waals surface area contributed by atoms with Crippen LogP contribution >= 0.6 is 11.8 Å². The lowest BCUT2D eigenvalue weighted by Gasteiger charge is -2.33. The smallest absolute Gasteiger partial charge is 0.137 e. The third-order valence-electron chi connectivity index (χ3n) is 9.91. The van der Waals surface area contributed by atoms with Gasteiger partial charge in [-0.3, -0.25) is 4.57 Å². The minimum Gasteiger partial charge on any atom is -0.457 e. The second-order valence-electron chi connectivity index (χ2n) is 13.6. The third kappa shape index (κ3) is 5.67. The molecule has 0 amide bonds. The number of ether oxygens (including phenoxy) is 1. The highest BCUT2D eigenvalue weighted by molar-refractivity contribution is 7.99. The van der Waals surface area contributed by atoms with Gasteiger partial charge in [0, 0.05) is 51.5 Å². The molecule has 7 rings (SSSR count). The molecule has 3 aromatic carbocycles. The highest BCUT2D eigenvalue weighted by atomic mass is 32.2. The number of hydrogen-bond acceptors (Lipinski definition) is 4. The Morgan fingerprint density at radius 3 is 2.40 bits per heavy atom. The molecule has 1 aliphatic carbocycles. The van der Waals surface area contributed by atoms with E-state index in [1.807, 2.05) is 24.0 Å². The normalized spacial score (nSPS) is 18.3. The van der Waals surface area contributed by atoms with Crippen LogP contribution in [-0.4, -0.2) is 30.8 Å². The average Bonchev–Trinajstić information content (AvgIpc) is 3.53. The topological polar surface area (TPSA) is 44.9 Å². The van der Waals surface area contributed by atoms with E-state index in [1.54, 1.807) is 0 Å². The lowest BCUT2D eigenvalue weighted by molar-refractivity contribution is 0.453. The fourth-order valence-corrected chi connectivity index (χ4v) is 8.46. The van der Waals surface area contributed by atoms with Gasteiger partial charge < -0.3 is 4.74 Å². The van der Waals surface area contributed by atoms with Crippen molar-refractivity contribution < 1.29 is 4.74 Å². The molecule has 0 bridgehead atoms. The Morgan fingerprint density at radius 2 is 1.66 bits per heavy atom. The number of rotatable bonds is 7. The van der Waals surface area contributed by atoms with Crippen molar-refractivity contribution in [3.8, 4) is 23.0 Å². The van der Waals surface area contributed by atoms with Crippen LogP contribution in [0.4, 0.5) is 0 Å². The van der Waals surface area contributed by atoms with E-state index in [4.69, 9.17) is 14.8 Å². The first-order valence-electron chi connectivity index (χ1n) is 16.7. The molecule has 6 aromatic rings. The highest BCUT2D eigenvalue weighted by Gasteiger charge is 2.32. The average molecular weight is 641 g/mol. The van der Waals surface area contributed by atoms with Crippen LogP contribution < -0.4 is 4.74 Å². The Bertz CT molecular complexity index is 2150. The van der Waals surface area contributed by atoms with E-state index < -0.39 is 0 Å². The number of fused-ring (bicyclic) bond motifs is 3. The summed E-state index contributed by atoms with van der Waals surface area (Å²) in [6.45, 7) is 15.7. The number of para-hydroxylation sites is 1. The van der Waals surface area contributed by atoms with Crippen LogP contribution in [0.1, 0.15) is 74.0 Å². The summed E-state index contributed by atoms with van der Waals surface area (Å²) in [5.41, 5.74) is 10.8. The Hall–Kier alpha value is -4.29. The SMILES string of the molecule is CS[C@H]1C=C(C)C(c2c(C)nn(-c3cc(Oc4ccc5c6ccccc6n(-c6cc(C)ccn6)c5c4)cc(C(C)C)c3)c2C)[C@@H](C)C1. The highest BCUT2D eigenvalue weighted by Crippen LogP contribution is 2.44. The Labute approximate surface area is 282 Å². The van der Waals surface area contributed by atoms with Crippen molar-refractivity contribution in [2.24, 2.45) is 5.92 Å². The largest absolute Gasteiger partial charge is 0.457 e. The van der Waals surface area contributed by atoms with Gasteiger partial charge in [-0.1, -0.05) is 50.6 Å². The summed E-state index contributed by atoms with van der Waals surface area (Å²) in [4.78, 5) is 4.75. The zero-order valence-electron chi connectivity index (χ0n) is 28.7. The molecule has 0 saturated heterocycles. The molecule has 3 atom stereocenters. The molecule has 47 heavy (non-hydrogen) atoms. The van der Waals surface area contributed by atoms with E-state index in [9.17, 15) is 0 Å². The van der Waals surface area contributed by atoms with Crippen LogP contribution in [0, 0.1) is 26.7 Å². The van der Waals surface area contributed by atoms with Crippen molar-refractivity contribution in [3.05, 3.63) is 119 Å². The molecule has 0 N–H and O–H groups in total. The number of aryl methyl sites for hydroxylation is 2. The monoisotopic (exact) mass is 640 g/mol. The fraction of sp³-hybridized carbons (Fsp3) is 0.317. The Balaban J connectivity index is 1.31. The molecular weight excluding hydrogens is 597 g/mol. The molecule has 3 heterocycles. The quantitative estimate of drug-likeness (QED) is 0.163. The number of nitrogens with zero attached hydrogens (tertiary/aromatic N) is 4. The van der Waals surface area contributed by atoms with Gasteiger partial charge in [-0.05, 0) is 106 Å². The molecule has 1 unspecified atom stereocenters. The van der Waals surface area contributed by atoms with Gasteiger partial charge in [0.25, 0.3) is 0 Å². The van der Waals surface area contributed by atoms with E-state index in [0.717, 1.165) is 39.7 Å². The van der Waals surface area contributed by atoms with Crippen LogP contribution in [0.15, 0.2) is 90.6 Å². The van der Waals surface area contributed by atoms with E-state index in [1.165, 1.54) is 45.2 Å². The molecule has 240 valence electrons. The van der Waals surface area contributed by atoms with Gasteiger partial charge >= 0.3 is 0 Å². The molecule has 0 fully saturated rings. The van der Waals surface area contributed by atoms with Crippen molar-refractivity contribution in [2.75, 3.05) is 6.26 Å². The molecule has 6 heteroatoms. The van der Waals surface area contributed by atoms with Gasteiger partial charge in [-0.2, -0.15) is 16.9 Å². The van der Waals surface area contributed by atoms with Crippen LogP contribution in [0.2, 0.25) is 0 Å². The van der Waals surface area contributed by atoms with E-state index in [2.05, 4.69) is 137 Å². The first-order valence-corrected chi connectivity index (χ1v) is 18.0. The lowest BCUT2D eigenvalue weighted by atomic mass is 9.75. The second kappa shape index (κ2) is 12.4. The van der Waals surface area contributed by atoms with E-state index in [0.29, 0.717) is 23.0 Å². The zero-order chi connectivity index (χ0) is 33.0. The van der Waals surface area contributed by atoms with Crippen molar-refractivity contribution in [2.45, 2.75) is 72.0 Å². The molecule has 0 saturated carbocycles. The van der Waals surface area contributed by atoms with Crippen molar-refractivity contribution >= 4 is 33.6 Å². The van der Waals surface area contributed by atoms with Crippen LogP contribution in [-0.2, 0) is 0 Å².